The number of carbonyl (C=O) groups excluding carboxylic acids is 2. The van der Waals surface area contributed by atoms with E-state index in [2.05, 4.69) is 26.3 Å². The van der Waals surface area contributed by atoms with Crippen LogP contribution in [0.2, 0.25) is 5.02 Å². The molecule has 174 valence electrons. The van der Waals surface area contributed by atoms with Gasteiger partial charge >= 0.3 is 5.97 Å². The first-order chi connectivity index (χ1) is 16.2. The molecule has 2 heterocycles. The zero-order valence-corrected chi connectivity index (χ0v) is 21.6. The highest BCUT2D eigenvalue weighted by Crippen LogP contribution is 2.32. The van der Waals surface area contributed by atoms with Crippen molar-refractivity contribution in [3.8, 4) is 5.69 Å². The van der Waals surface area contributed by atoms with Crippen LogP contribution in [-0.4, -0.2) is 28.3 Å². The van der Waals surface area contributed by atoms with Crippen molar-refractivity contribution in [2.75, 3.05) is 11.9 Å². The molecule has 0 saturated heterocycles. The van der Waals surface area contributed by atoms with Crippen molar-refractivity contribution < 1.29 is 14.3 Å². The molecule has 7 nitrogen and oxygen atoms in total. The fraction of sp³-hybridized carbons (Fsp3) is 0.167. The van der Waals surface area contributed by atoms with E-state index in [-0.39, 0.29) is 33.3 Å². The smallest absolute Gasteiger partial charge is 0.359 e. The summed E-state index contributed by atoms with van der Waals surface area (Å²) in [6.07, 6.45) is 0. The third kappa shape index (κ3) is 4.51. The number of hydrogen-bond donors (Lipinski definition) is 1. The molecule has 0 radical (unpaired) electrons. The van der Waals surface area contributed by atoms with E-state index in [4.69, 9.17) is 16.3 Å². The quantitative estimate of drug-likeness (QED) is 0.307. The first-order valence-corrected chi connectivity index (χ1v) is 12.3. The Hall–Kier alpha value is -3.01. The summed E-state index contributed by atoms with van der Waals surface area (Å²) in [5.41, 5.74) is 2.28. The Morgan fingerprint density at radius 3 is 2.65 bits per heavy atom. The lowest BCUT2D eigenvalue weighted by molar-refractivity contribution is 0.0520. The predicted molar refractivity (Wildman–Crippen MR) is 138 cm³/mol. The van der Waals surface area contributed by atoms with Crippen molar-refractivity contribution in [1.29, 1.82) is 0 Å². The molecule has 4 aromatic rings. The second-order valence-electron chi connectivity index (χ2n) is 7.49. The van der Waals surface area contributed by atoms with Gasteiger partial charge in [-0.15, -0.1) is 11.3 Å². The van der Waals surface area contributed by atoms with Gasteiger partial charge in [-0.3, -0.25) is 9.59 Å². The molecule has 0 fully saturated rings. The molecule has 0 bridgehead atoms. The summed E-state index contributed by atoms with van der Waals surface area (Å²) in [6.45, 7) is 5.73. The van der Waals surface area contributed by atoms with Gasteiger partial charge < -0.3 is 10.1 Å². The normalized spacial score (nSPS) is 11.0. The molecule has 34 heavy (non-hydrogen) atoms. The molecule has 0 saturated carbocycles. The van der Waals surface area contributed by atoms with Gasteiger partial charge in [0.25, 0.3) is 11.5 Å². The zero-order valence-electron chi connectivity index (χ0n) is 18.4. The number of nitrogens with zero attached hydrogens (tertiary/aromatic N) is 2. The second-order valence-corrected chi connectivity index (χ2v) is 9.69. The second kappa shape index (κ2) is 9.69. The van der Waals surface area contributed by atoms with Gasteiger partial charge in [-0.2, -0.15) is 9.78 Å². The number of hydrogen-bond acceptors (Lipinski definition) is 6. The molecular formula is C24H19BrClN3O4S. The molecule has 0 unspecified atom stereocenters. The average molecular weight is 561 g/mol. The van der Waals surface area contributed by atoms with Gasteiger partial charge in [0, 0.05) is 15.2 Å². The number of aryl methyl sites for hydroxylation is 2. The van der Waals surface area contributed by atoms with Crippen molar-refractivity contribution in [3.05, 3.63) is 84.0 Å². The summed E-state index contributed by atoms with van der Waals surface area (Å²) in [7, 11) is 0. The SMILES string of the molecule is CCOC(=O)c1nn(-c2ccc(C)c(C)c2)c(=O)c2c(NC(=O)c3cc(Br)ccc3Cl)scc12. The van der Waals surface area contributed by atoms with Crippen LogP contribution >= 0.6 is 38.9 Å². The van der Waals surface area contributed by atoms with Gasteiger partial charge in [0.2, 0.25) is 0 Å². The van der Waals surface area contributed by atoms with Gasteiger partial charge in [-0.1, -0.05) is 33.6 Å². The molecular weight excluding hydrogens is 542 g/mol. The van der Waals surface area contributed by atoms with Gasteiger partial charge in [-0.25, -0.2) is 4.79 Å². The van der Waals surface area contributed by atoms with Crippen LogP contribution < -0.4 is 10.9 Å². The summed E-state index contributed by atoms with van der Waals surface area (Å²) >= 11 is 10.7. The van der Waals surface area contributed by atoms with Crippen LogP contribution in [-0.2, 0) is 4.74 Å². The van der Waals surface area contributed by atoms with E-state index >= 15 is 0 Å². The Bertz CT molecular complexity index is 1510. The van der Waals surface area contributed by atoms with Crippen LogP contribution in [0, 0.1) is 13.8 Å². The lowest BCUT2D eigenvalue weighted by Gasteiger charge is -2.11. The summed E-state index contributed by atoms with van der Waals surface area (Å²) in [5.74, 6) is -1.14. The molecule has 0 spiro atoms. The van der Waals surface area contributed by atoms with Crippen LogP contribution in [0.3, 0.4) is 0 Å². The molecule has 1 amide bonds. The van der Waals surface area contributed by atoms with E-state index < -0.39 is 17.4 Å². The minimum Gasteiger partial charge on any atom is -0.461 e. The van der Waals surface area contributed by atoms with Crippen LogP contribution in [0.5, 0.6) is 0 Å². The summed E-state index contributed by atoms with van der Waals surface area (Å²) in [4.78, 5) is 39.2. The van der Waals surface area contributed by atoms with E-state index in [1.807, 2.05) is 26.0 Å². The molecule has 4 rings (SSSR count). The Kier molecular flexibility index (Phi) is 6.88. The average Bonchev–Trinajstić information content (AvgIpc) is 3.21. The molecule has 0 atom stereocenters. The fourth-order valence-electron chi connectivity index (χ4n) is 3.37. The van der Waals surface area contributed by atoms with Crippen LogP contribution in [0.25, 0.3) is 16.5 Å². The minimum absolute atomic E-state index is 0.00749. The summed E-state index contributed by atoms with van der Waals surface area (Å²) < 4.78 is 7.02. The van der Waals surface area contributed by atoms with Crippen molar-refractivity contribution in [1.82, 2.24) is 9.78 Å². The molecule has 2 aromatic heterocycles. The van der Waals surface area contributed by atoms with Crippen LogP contribution in [0.4, 0.5) is 5.00 Å². The number of rotatable bonds is 5. The first kappa shape index (κ1) is 24.1. The maximum atomic E-state index is 13.5. The Labute approximate surface area is 212 Å². The Morgan fingerprint density at radius 1 is 1.18 bits per heavy atom. The van der Waals surface area contributed by atoms with Crippen molar-refractivity contribution in [2.24, 2.45) is 0 Å². The molecule has 1 N–H and O–H groups in total. The highest BCUT2D eigenvalue weighted by molar-refractivity contribution is 9.10. The number of benzene rings is 2. The predicted octanol–water partition coefficient (Wildman–Crippen LogP) is 5.91. The topological polar surface area (TPSA) is 90.3 Å². The minimum atomic E-state index is -0.657. The molecule has 0 aliphatic carbocycles. The molecule has 10 heteroatoms. The molecule has 0 aliphatic rings. The highest BCUT2D eigenvalue weighted by Gasteiger charge is 2.24. The number of thiophene rings is 1. The maximum absolute atomic E-state index is 13.5. The third-order valence-electron chi connectivity index (χ3n) is 5.26. The van der Waals surface area contributed by atoms with E-state index in [0.717, 1.165) is 27.1 Å². The Balaban J connectivity index is 1.91. The largest absolute Gasteiger partial charge is 0.461 e. The third-order valence-corrected chi connectivity index (χ3v) is 6.97. The van der Waals surface area contributed by atoms with Gasteiger partial charge in [0.1, 0.15) is 5.00 Å². The number of halogens is 2. The number of anilines is 1. The monoisotopic (exact) mass is 559 g/mol. The number of ether oxygens (including phenoxy) is 1. The number of esters is 1. The van der Waals surface area contributed by atoms with Crippen LogP contribution in [0.15, 0.2) is 51.0 Å². The number of aromatic nitrogens is 2. The van der Waals surface area contributed by atoms with Crippen molar-refractivity contribution in [2.45, 2.75) is 20.8 Å². The van der Waals surface area contributed by atoms with E-state index in [0.29, 0.717) is 15.5 Å². The standard InChI is InChI=1S/C24H19BrClN3O4S/c1-4-33-24(32)20-17-11-34-22(27-21(30)16-10-14(25)6-8-18(16)26)19(17)23(31)29(28-20)15-7-5-12(2)13(3)9-15/h5-11H,4H2,1-3H3,(H,27,30). The zero-order chi connectivity index (χ0) is 24.6. The maximum Gasteiger partial charge on any atom is 0.359 e. The van der Waals surface area contributed by atoms with E-state index in [1.165, 1.54) is 0 Å². The first-order valence-electron chi connectivity index (χ1n) is 10.3. The van der Waals surface area contributed by atoms with Crippen molar-refractivity contribution >= 4 is 66.5 Å². The summed E-state index contributed by atoms with van der Waals surface area (Å²) in [6, 6.07) is 10.4. The van der Waals surface area contributed by atoms with Crippen LogP contribution in [0.1, 0.15) is 38.9 Å². The van der Waals surface area contributed by atoms with Crippen molar-refractivity contribution in [3.63, 3.8) is 0 Å². The summed E-state index contributed by atoms with van der Waals surface area (Å²) in [5, 5.41) is 9.74. The van der Waals surface area contributed by atoms with E-state index in [1.54, 1.807) is 36.6 Å². The number of nitrogens with one attached hydrogen (secondary N) is 1. The van der Waals surface area contributed by atoms with Gasteiger partial charge in [0.05, 0.1) is 28.3 Å². The van der Waals surface area contributed by atoms with Gasteiger partial charge in [0.15, 0.2) is 5.69 Å². The number of amides is 1. The fourth-order valence-corrected chi connectivity index (χ4v) is 4.86. The highest BCUT2D eigenvalue weighted by atomic mass is 79.9. The lowest BCUT2D eigenvalue weighted by atomic mass is 10.1. The Morgan fingerprint density at radius 2 is 1.94 bits per heavy atom. The number of carbonyl (C=O) groups is 2. The number of fused-ring (bicyclic) bond motifs is 1. The van der Waals surface area contributed by atoms with E-state index in [9.17, 15) is 14.4 Å². The lowest BCUT2D eigenvalue weighted by Crippen LogP contribution is -2.25. The molecule has 0 aliphatic heterocycles. The van der Waals surface area contributed by atoms with Gasteiger partial charge in [-0.05, 0) is 62.2 Å². The molecule has 2 aromatic carbocycles.